The number of nitro groups is 1. The third kappa shape index (κ3) is 3.80. The van der Waals surface area contributed by atoms with Crippen molar-refractivity contribution in [2.45, 2.75) is 6.92 Å². The molecule has 0 aromatic heterocycles. The molecule has 0 aliphatic carbocycles. The molecule has 0 fully saturated rings. The van der Waals surface area contributed by atoms with E-state index in [1.165, 1.54) is 19.1 Å². The van der Waals surface area contributed by atoms with Crippen LogP contribution in [0.2, 0.25) is 0 Å². The maximum Gasteiger partial charge on any atom is 0.429 e. The van der Waals surface area contributed by atoms with Gasteiger partial charge in [0.05, 0.1) is 17.2 Å². The van der Waals surface area contributed by atoms with Crippen molar-refractivity contribution in [2.75, 3.05) is 10.9 Å². The van der Waals surface area contributed by atoms with Crippen molar-refractivity contribution in [3.63, 3.8) is 0 Å². The molecule has 0 heterocycles. The van der Waals surface area contributed by atoms with E-state index >= 15 is 0 Å². The number of anilines is 1. The summed E-state index contributed by atoms with van der Waals surface area (Å²) in [7, 11) is 0.650. The quantitative estimate of drug-likeness (QED) is 0.478. The Kier molecular flexibility index (Phi) is 4.67. The predicted octanol–water partition coefficient (Wildman–Crippen LogP) is 2.04. The second-order valence-electron chi connectivity index (χ2n) is 3.18. The van der Waals surface area contributed by atoms with Crippen molar-refractivity contribution in [1.29, 1.82) is 0 Å². The summed E-state index contributed by atoms with van der Waals surface area (Å²) in [6, 6.07) is 4.45. The van der Waals surface area contributed by atoms with Crippen LogP contribution in [0.5, 0.6) is 0 Å². The molecule has 0 N–H and O–H groups in total. The van der Waals surface area contributed by atoms with Gasteiger partial charge in [0.25, 0.3) is 5.69 Å². The normalized spacial score (nSPS) is 10.8. The summed E-state index contributed by atoms with van der Waals surface area (Å²) >= 11 is 0. The van der Waals surface area contributed by atoms with Crippen LogP contribution >= 0.6 is 10.7 Å². The average molecular weight is 309 g/mol. The van der Waals surface area contributed by atoms with Crippen molar-refractivity contribution < 1.29 is 22.9 Å². The molecule has 10 heteroatoms. The van der Waals surface area contributed by atoms with Crippen LogP contribution in [0, 0.1) is 10.1 Å². The van der Waals surface area contributed by atoms with Gasteiger partial charge in [-0.1, -0.05) is 6.07 Å². The Bertz CT molecular complexity index is 602. The van der Waals surface area contributed by atoms with Crippen molar-refractivity contribution >= 4 is 37.4 Å². The second-order valence-corrected chi connectivity index (χ2v) is 5.54. The molecule has 0 aliphatic heterocycles. The van der Waals surface area contributed by atoms with E-state index in [-0.39, 0.29) is 22.3 Å². The van der Waals surface area contributed by atoms with Gasteiger partial charge in [-0.15, -0.1) is 0 Å². The molecule has 8 nitrogen and oxygen atoms in total. The predicted molar refractivity (Wildman–Crippen MR) is 67.4 cm³/mol. The van der Waals surface area contributed by atoms with Gasteiger partial charge in [-0.2, -0.15) is 12.7 Å². The molecule has 104 valence electrons. The van der Waals surface area contributed by atoms with Gasteiger partial charge in [0.1, 0.15) is 0 Å². The van der Waals surface area contributed by atoms with Crippen LogP contribution in [-0.2, 0) is 14.0 Å². The molecule has 0 unspecified atom stereocenters. The first-order valence-corrected chi connectivity index (χ1v) is 7.20. The maximum atomic E-state index is 11.5. The van der Waals surface area contributed by atoms with Crippen LogP contribution in [0.1, 0.15) is 6.92 Å². The highest BCUT2D eigenvalue weighted by atomic mass is 35.7. The van der Waals surface area contributed by atoms with Gasteiger partial charge in [-0.3, -0.25) is 10.1 Å². The molecule has 0 radical (unpaired) electrons. The van der Waals surface area contributed by atoms with Gasteiger partial charge >= 0.3 is 15.3 Å². The number of hydrogen-bond donors (Lipinski definition) is 0. The van der Waals surface area contributed by atoms with Gasteiger partial charge in [0.15, 0.2) is 0 Å². The Morgan fingerprint density at radius 3 is 2.63 bits per heavy atom. The summed E-state index contributed by atoms with van der Waals surface area (Å²) < 4.78 is 27.4. The lowest BCUT2D eigenvalue weighted by molar-refractivity contribution is -0.384. The van der Waals surface area contributed by atoms with E-state index in [2.05, 4.69) is 4.74 Å². The summed E-state index contributed by atoms with van der Waals surface area (Å²) in [5.41, 5.74) is -0.658. The first-order chi connectivity index (χ1) is 8.77. The van der Waals surface area contributed by atoms with Gasteiger partial charge in [0, 0.05) is 22.8 Å². The average Bonchev–Trinajstić information content (AvgIpc) is 2.27. The third-order valence-electron chi connectivity index (χ3n) is 1.93. The number of benzene rings is 1. The fourth-order valence-electron chi connectivity index (χ4n) is 1.24. The summed E-state index contributed by atoms with van der Waals surface area (Å²) in [5, 5.41) is 10.6. The van der Waals surface area contributed by atoms with E-state index in [1.54, 1.807) is 0 Å². The van der Waals surface area contributed by atoms with Crippen molar-refractivity contribution in [3.8, 4) is 0 Å². The Morgan fingerprint density at radius 2 is 2.16 bits per heavy atom. The minimum absolute atomic E-state index is 0.0727. The number of nitrogens with zero attached hydrogens (tertiary/aromatic N) is 2. The number of carbonyl (C=O) groups excluding carboxylic acids is 1. The third-order valence-corrected chi connectivity index (χ3v) is 3.14. The maximum absolute atomic E-state index is 11.5. The molecule has 19 heavy (non-hydrogen) atoms. The van der Waals surface area contributed by atoms with E-state index in [0.717, 1.165) is 12.1 Å². The number of halogens is 1. The van der Waals surface area contributed by atoms with E-state index in [0.29, 0.717) is 0 Å². The lowest BCUT2D eigenvalue weighted by Crippen LogP contribution is -2.34. The molecule has 0 atom stereocenters. The number of ether oxygens (including phenoxy) is 1. The second kappa shape index (κ2) is 5.85. The van der Waals surface area contributed by atoms with Gasteiger partial charge < -0.3 is 4.74 Å². The van der Waals surface area contributed by atoms with Crippen LogP contribution in [0.3, 0.4) is 0 Å². The zero-order valence-corrected chi connectivity index (χ0v) is 11.2. The molecule has 0 spiro atoms. The van der Waals surface area contributed by atoms with Gasteiger partial charge in [-0.25, -0.2) is 4.79 Å². The molecule has 1 amide bonds. The summed E-state index contributed by atoms with van der Waals surface area (Å²) in [6.45, 7) is 1.40. The molecule has 1 aromatic rings. The van der Waals surface area contributed by atoms with Crippen LogP contribution < -0.4 is 4.31 Å². The van der Waals surface area contributed by atoms with Crippen molar-refractivity contribution in [2.24, 2.45) is 0 Å². The monoisotopic (exact) mass is 308 g/mol. The standard InChI is InChI=1S/C9H9ClN2O6S/c1-2-18-9(13)11(19(10,16)17)7-4-3-5-8(6-7)12(14)15/h3-6H,2H2,1H3. The molecular weight excluding hydrogens is 300 g/mol. The molecule has 0 aliphatic rings. The zero-order chi connectivity index (χ0) is 14.6. The van der Waals surface area contributed by atoms with Gasteiger partial charge in [-0.05, 0) is 13.0 Å². The summed E-state index contributed by atoms with van der Waals surface area (Å²) in [6.07, 6.45) is -1.24. The molecule has 1 rings (SSSR count). The van der Waals surface area contributed by atoms with Crippen LogP contribution in [0.15, 0.2) is 24.3 Å². The van der Waals surface area contributed by atoms with Crippen LogP contribution in [0.25, 0.3) is 0 Å². The number of rotatable bonds is 4. The molecule has 1 aromatic carbocycles. The minimum Gasteiger partial charge on any atom is -0.449 e. The Balaban J connectivity index is 3.30. The van der Waals surface area contributed by atoms with E-state index in [4.69, 9.17) is 10.7 Å². The molecule has 0 bridgehead atoms. The number of hydrogen-bond acceptors (Lipinski definition) is 6. The summed E-state index contributed by atoms with van der Waals surface area (Å²) in [5.74, 6) is 0. The Morgan fingerprint density at radius 1 is 1.53 bits per heavy atom. The summed E-state index contributed by atoms with van der Waals surface area (Å²) in [4.78, 5) is 21.4. The lowest BCUT2D eigenvalue weighted by atomic mass is 10.3. The number of amides is 1. The highest BCUT2D eigenvalue weighted by molar-refractivity contribution is 8.15. The van der Waals surface area contributed by atoms with E-state index in [1.807, 2.05) is 0 Å². The van der Waals surface area contributed by atoms with E-state index < -0.39 is 20.3 Å². The van der Waals surface area contributed by atoms with E-state index in [9.17, 15) is 23.3 Å². The fraction of sp³-hybridized carbons (Fsp3) is 0.222. The smallest absolute Gasteiger partial charge is 0.429 e. The topological polar surface area (TPSA) is 107 Å². The minimum atomic E-state index is -4.47. The number of non-ortho nitro benzene ring substituents is 1. The largest absolute Gasteiger partial charge is 0.449 e. The van der Waals surface area contributed by atoms with Crippen LogP contribution in [-0.4, -0.2) is 26.0 Å². The Hall–Kier alpha value is -1.87. The molecular formula is C9H9ClN2O6S. The van der Waals surface area contributed by atoms with Crippen LogP contribution in [0.4, 0.5) is 16.2 Å². The fourth-order valence-corrected chi connectivity index (χ4v) is 2.24. The Labute approximate surface area is 113 Å². The number of nitro benzene ring substituents is 1. The molecule has 0 saturated carbocycles. The van der Waals surface area contributed by atoms with Gasteiger partial charge in [0.2, 0.25) is 0 Å². The van der Waals surface area contributed by atoms with Crippen molar-refractivity contribution in [1.82, 2.24) is 0 Å². The lowest BCUT2D eigenvalue weighted by Gasteiger charge is -2.17. The first kappa shape index (κ1) is 15.2. The zero-order valence-electron chi connectivity index (χ0n) is 9.65. The number of carbonyl (C=O) groups is 1. The van der Waals surface area contributed by atoms with Crippen molar-refractivity contribution in [3.05, 3.63) is 34.4 Å². The SMILES string of the molecule is CCOC(=O)N(c1cccc([N+](=O)[O-])c1)S(=O)(=O)Cl. The highest BCUT2D eigenvalue weighted by Gasteiger charge is 2.29. The molecule has 0 saturated heterocycles. The highest BCUT2D eigenvalue weighted by Crippen LogP contribution is 2.25. The first-order valence-electron chi connectivity index (χ1n) is 4.93.